The summed E-state index contributed by atoms with van der Waals surface area (Å²) in [6, 6.07) is 0.823. The van der Waals surface area contributed by atoms with Crippen molar-refractivity contribution < 1.29 is 0 Å². The molecule has 78 valence electrons. The molecular formula is C10H23N3. The van der Waals surface area contributed by atoms with Gasteiger partial charge in [-0.3, -0.25) is 0 Å². The van der Waals surface area contributed by atoms with Gasteiger partial charge in [0.05, 0.1) is 0 Å². The van der Waals surface area contributed by atoms with E-state index < -0.39 is 0 Å². The van der Waals surface area contributed by atoms with Crippen LogP contribution in [0.25, 0.3) is 0 Å². The van der Waals surface area contributed by atoms with Crippen LogP contribution in [0.4, 0.5) is 0 Å². The van der Waals surface area contributed by atoms with Gasteiger partial charge in [-0.15, -0.1) is 0 Å². The van der Waals surface area contributed by atoms with Crippen LogP contribution in [0.5, 0.6) is 0 Å². The molecule has 0 aromatic rings. The predicted molar refractivity (Wildman–Crippen MR) is 56.5 cm³/mol. The van der Waals surface area contributed by atoms with Crippen molar-refractivity contribution in [3.63, 3.8) is 0 Å². The molecule has 0 spiro atoms. The van der Waals surface area contributed by atoms with Crippen molar-refractivity contribution in [1.29, 1.82) is 0 Å². The van der Waals surface area contributed by atoms with Crippen LogP contribution in [0.2, 0.25) is 0 Å². The van der Waals surface area contributed by atoms with Gasteiger partial charge in [0.15, 0.2) is 0 Å². The van der Waals surface area contributed by atoms with E-state index >= 15 is 0 Å². The van der Waals surface area contributed by atoms with Crippen LogP contribution in [0, 0.1) is 0 Å². The number of nitrogens with two attached hydrogens (primary N) is 2. The molecule has 0 aliphatic heterocycles. The van der Waals surface area contributed by atoms with Crippen LogP contribution in [-0.2, 0) is 0 Å². The van der Waals surface area contributed by atoms with Crippen molar-refractivity contribution >= 4 is 0 Å². The summed E-state index contributed by atoms with van der Waals surface area (Å²) in [5, 5.41) is 3.51. The predicted octanol–water partition coefficient (Wildman–Crippen LogP) is 0.585. The lowest BCUT2D eigenvalue weighted by molar-refractivity contribution is 0.439. The maximum Gasteiger partial charge on any atom is 0.0290 e. The first-order valence-electron chi connectivity index (χ1n) is 5.52. The van der Waals surface area contributed by atoms with E-state index in [-0.39, 0.29) is 6.04 Å². The van der Waals surface area contributed by atoms with E-state index in [9.17, 15) is 0 Å². The Balaban J connectivity index is 2.11. The van der Waals surface area contributed by atoms with Gasteiger partial charge < -0.3 is 16.8 Å². The van der Waals surface area contributed by atoms with Crippen molar-refractivity contribution in [2.45, 2.75) is 50.6 Å². The Morgan fingerprint density at radius 1 is 1.15 bits per heavy atom. The minimum atomic E-state index is 0.128. The largest absolute Gasteiger partial charge is 0.329 e. The zero-order valence-electron chi connectivity index (χ0n) is 8.47. The lowest BCUT2D eigenvalue weighted by atomic mass is 10.1. The molecule has 0 bridgehead atoms. The lowest BCUT2D eigenvalue weighted by Crippen LogP contribution is -2.43. The zero-order chi connectivity index (χ0) is 9.52. The van der Waals surface area contributed by atoms with E-state index in [0.29, 0.717) is 12.6 Å². The third kappa shape index (κ3) is 4.60. The highest BCUT2D eigenvalue weighted by molar-refractivity contribution is 4.74. The fraction of sp³-hybridized carbons (Fsp3) is 1.00. The summed E-state index contributed by atoms with van der Waals surface area (Å²) in [7, 11) is 0. The van der Waals surface area contributed by atoms with Gasteiger partial charge in [-0.05, 0) is 12.8 Å². The van der Waals surface area contributed by atoms with Gasteiger partial charge in [-0.2, -0.15) is 0 Å². The van der Waals surface area contributed by atoms with Gasteiger partial charge in [0.25, 0.3) is 0 Å². The first-order valence-corrected chi connectivity index (χ1v) is 5.52. The average Bonchev–Trinajstić information content (AvgIpc) is 2.42. The summed E-state index contributed by atoms with van der Waals surface area (Å²) in [4.78, 5) is 0. The summed E-state index contributed by atoms with van der Waals surface area (Å²) in [5.74, 6) is 0. The van der Waals surface area contributed by atoms with Crippen molar-refractivity contribution in [2.75, 3.05) is 13.1 Å². The molecule has 0 saturated heterocycles. The first kappa shape index (κ1) is 11.0. The van der Waals surface area contributed by atoms with Crippen LogP contribution >= 0.6 is 0 Å². The quantitative estimate of drug-likeness (QED) is 0.562. The SMILES string of the molecule is NCC(N)CNC1CCCCCC1. The fourth-order valence-corrected chi connectivity index (χ4v) is 1.88. The van der Waals surface area contributed by atoms with Crippen LogP contribution in [0.3, 0.4) is 0 Å². The molecule has 0 amide bonds. The Bertz CT molecular complexity index is 119. The molecule has 0 aromatic carbocycles. The molecule has 1 unspecified atom stereocenters. The van der Waals surface area contributed by atoms with Crippen LogP contribution in [0.15, 0.2) is 0 Å². The van der Waals surface area contributed by atoms with E-state index in [1.165, 1.54) is 38.5 Å². The van der Waals surface area contributed by atoms with Gasteiger partial charge in [0.2, 0.25) is 0 Å². The highest BCUT2D eigenvalue weighted by Crippen LogP contribution is 2.16. The minimum Gasteiger partial charge on any atom is -0.329 e. The maximum absolute atomic E-state index is 5.74. The van der Waals surface area contributed by atoms with Crippen LogP contribution < -0.4 is 16.8 Å². The smallest absolute Gasteiger partial charge is 0.0290 e. The average molecular weight is 185 g/mol. The monoisotopic (exact) mass is 185 g/mol. The second kappa shape index (κ2) is 6.35. The molecule has 1 rings (SSSR count). The van der Waals surface area contributed by atoms with Crippen molar-refractivity contribution in [3.05, 3.63) is 0 Å². The van der Waals surface area contributed by atoms with E-state index in [1.54, 1.807) is 0 Å². The second-order valence-corrected chi connectivity index (χ2v) is 4.09. The summed E-state index contributed by atoms with van der Waals surface area (Å²) < 4.78 is 0. The summed E-state index contributed by atoms with van der Waals surface area (Å²) in [6.45, 7) is 1.46. The normalized spacial score (nSPS) is 22.6. The number of rotatable bonds is 4. The molecule has 1 saturated carbocycles. The molecule has 0 aromatic heterocycles. The van der Waals surface area contributed by atoms with E-state index in [2.05, 4.69) is 5.32 Å². The van der Waals surface area contributed by atoms with Crippen LogP contribution in [0.1, 0.15) is 38.5 Å². The van der Waals surface area contributed by atoms with Crippen molar-refractivity contribution in [3.8, 4) is 0 Å². The van der Waals surface area contributed by atoms with Gasteiger partial charge in [0, 0.05) is 25.2 Å². The Kier molecular flexibility index (Phi) is 5.35. The Morgan fingerprint density at radius 2 is 1.77 bits per heavy atom. The maximum atomic E-state index is 5.74. The molecule has 1 aliphatic carbocycles. The highest BCUT2D eigenvalue weighted by Gasteiger charge is 2.11. The molecule has 13 heavy (non-hydrogen) atoms. The van der Waals surface area contributed by atoms with E-state index in [1.807, 2.05) is 0 Å². The van der Waals surface area contributed by atoms with Crippen molar-refractivity contribution in [1.82, 2.24) is 5.32 Å². The first-order chi connectivity index (χ1) is 6.33. The standard InChI is InChI=1S/C10H23N3/c11-7-9(12)8-13-10-5-3-1-2-4-6-10/h9-10,13H,1-8,11-12H2. The third-order valence-electron chi connectivity index (χ3n) is 2.83. The Labute approximate surface area is 81.2 Å². The molecule has 5 N–H and O–H groups in total. The lowest BCUT2D eigenvalue weighted by Gasteiger charge is -2.18. The second-order valence-electron chi connectivity index (χ2n) is 4.09. The molecule has 1 atom stereocenters. The molecule has 0 heterocycles. The number of hydrogen-bond donors (Lipinski definition) is 3. The molecule has 1 aliphatic rings. The van der Waals surface area contributed by atoms with E-state index in [4.69, 9.17) is 11.5 Å². The van der Waals surface area contributed by atoms with Crippen LogP contribution in [-0.4, -0.2) is 25.2 Å². The minimum absolute atomic E-state index is 0.128. The molecular weight excluding hydrogens is 162 g/mol. The van der Waals surface area contributed by atoms with Gasteiger partial charge >= 0.3 is 0 Å². The number of nitrogens with one attached hydrogen (secondary N) is 1. The summed E-state index contributed by atoms with van der Waals surface area (Å²) in [5.41, 5.74) is 11.2. The van der Waals surface area contributed by atoms with Gasteiger partial charge in [-0.1, -0.05) is 25.7 Å². The van der Waals surface area contributed by atoms with Gasteiger partial charge in [0.1, 0.15) is 0 Å². The molecule has 0 radical (unpaired) electrons. The zero-order valence-corrected chi connectivity index (χ0v) is 8.47. The topological polar surface area (TPSA) is 64.1 Å². The third-order valence-corrected chi connectivity index (χ3v) is 2.83. The summed E-state index contributed by atoms with van der Waals surface area (Å²) >= 11 is 0. The van der Waals surface area contributed by atoms with Crippen molar-refractivity contribution in [2.24, 2.45) is 11.5 Å². The molecule has 1 fully saturated rings. The molecule has 3 nitrogen and oxygen atoms in total. The van der Waals surface area contributed by atoms with E-state index in [0.717, 1.165) is 6.54 Å². The Morgan fingerprint density at radius 3 is 2.31 bits per heavy atom. The Hall–Kier alpha value is -0.120. The highest BCUT2D eigenvalue weighted by atomic mass is 14.9. The fourth-order valence-electron chi connectivity index (χ4n) is 1.88. The summed E-state index contributed by atoms with van der Waals surface area (Å²) in [6.07, 6.45) is 8.18. The number of hydrogen-bond acceptors (Lipinski definition) is 3. The van der Waals surface area contributed by atoms with Gasteiger partial charge in [-0.25, -0.2) is 0 Å². The molecule has 3 heteroatoms.